The first kappa shape index (κ1) is 22.7. The Balaban J connectivity index is 1.55. The monoisotopic (exact) mass is 463 g/mol. The van der Waals surface area contributed by atoms with Crippen LogP contribution < -0.4 is 5.32 Å². The van der Waals surface area contributed by atoms with Crippen LogP contribution >= 0.6 is 0 Å². The van der Waals surface area contributed by atoms with Gasteiger partial charge in [0, 0.05) is 6.07 Å². The second-order valence-electron chi connectivity index (χ2n) is 7.53. The number of hydrogen-bond acceptors (Lipinski definition) is 4. The minimum atomic E-state index is -1.12. The summed E-state index contributed by atoms with van der Waals surface area (Å²) in [6.07, 6.45) is -0.383. The smallest absolute Gasteiger partial charge is 0.305 e. The van der Waals surface area contributed by atoms with Crippen molar-refractivity contribution in [3.05, 3.63) is 102 Å². The fourth-order valence-corrected chi connectivity index (χ4v) is 3.46. The largest absolute Gasteiger partial charge is 0.493 e. The van der Waals surface area contributed by atoms with Crippen molar-refractivity contribution in [1.82, 2.24) is 15.1 Å². The second-order valence-corrected chi connectivity index (χ2v) is 7.53. The number of carbonyl (C=O) groups excluding carboxylic acids is 1. The number of nitrogens with zero attached hydrogens (tertiary/aromatic N) is 2. The average Bonchev–Trinajstić information content (AvgIpc) is 3.21. The predicted octanol–water partition coefficient (Wildman–Crippen LogP) is 4.47. The van der Waals surface area contributed by atoms with E-state index < -0.39 is 23.7 Å². The summed E-state index contributed by atoms with van der Waals surface area (Å²) in [7, 11) is 0. The van der Waals surface area contributed by atoms with Crippen molar-refractivity contribution in [2.75, 3.05) is 0 Å². The van der Waals surface area contributed by atoms with Gasteiger partial charge in [0.2, 0.25) is 5.88 Å². The Labute approximate surface area is 192 Å². The summed E-state index contributed by atoms with van der Waals surface area (Å²) in [6, 6.07) is 18.2. The molecule has 0 aliphatic carbocycles. The molecule has 7 nitrogen and oxygen atoms in total. The number of carboxylic acid groups (broad SMARTS) is 1. The Hall–Kier alpha value is -4.53. The molecule has 34 heavy (non-hydrogen) atoms. The molecule has 0 bridgehead atoms. The molecule has 1 atom stereocenters. The zero-order chi connectivity index (χ0) is 24.2. The molecule has 1 amide bonds. The van der Waals surface area contributed by atoms with E-state index >= 15 is 0 Å². The van der Waals surface area contributed by atoms with Gasteiger partial charge in [-0.05, 0) is 53.1 Å². The van der Waals surface area contributed by atoms with E-state index in [2.05, 4.69) is 10.4 Å². The third-order valence-electron chi connectivity index (χ3n) is 5.17. The van der Waals surface area contributed by atoms with Crippen LogP contribution in [0.3, 0.4) is 0 Å². The standard InChI is InChI=1S/C25H19F2N3O4/c26-18-7-5-16(6-8-18)15-1-3-17(4-2-15)21(14-24(32)33)28-25(34)22-13-23(31)30(29-22)20-11-9-19(27)10-12-20/h1-13,21,31H,14H2,(H,28,34)(H,32,33). The molecular weight excluding hydrogens is 444 g/mol. The fraction of sp³-hybridized carbons (Fsp3) is 0.0800. The molecule has 9 heteroatoms. The minimum Gasteiger partial charge on any atom is -0.493 e. The van der Waals surface area contributed by atoms with Crippen LogP contribution in [0.25, 0.3) is 16.8 Å². The number of aromatic hydroxyl groups is 1. The number of nitrogens with one attached hydrogen (secondary N) is 1. The summed E-state index contributed by atoms with van der Waals surface area (Å²) >= 11 is 0. The van der Waals surface area contributed by atoms with E-state index in [1.54, 1.807) is 36.4 Å². The highest BCUT2D eigenvalue weighted by atomic mass is 19.1. The van der Waals surface area contributed by atoms with Gasteiger partial charge in [0.1, 0.15) is 11.6 Å². The van der Waals surface area contributed by atoms with Gasteiger partial charge in [-0.1, -0.05) is 36.4 Å². The summed E-state index contributed by atoms with van der Waals surface area (Å²) in [5.74, 6) is -2.96. The number of rotatable bonds is 7. The Morgan fingerprint density at radius 2 is 1.41 bits per heavy atom. The van der Waals surface area contributed by atoms with E-state index in [1.165, 1.54) is 36.4 Å². The SMILES string of the molecule is O=C(O)CC(NC(=O)c1cc(O)n(-c2ccc(F)cc2)n1)c1ccc(-c2ccc(F)cc2)cc1. The Morgan fingerprint density at radius 3 is 1.97 bits per heavy atom. The van der Waals surface area contributed by atoms with Gasteiger partial charge in [-0.15, -0.1) is 0 Å². The molecule has 0 radical (unpaired) electrons. The van der Waals surface area contributed by atoms with Gasteiger partial charge < -0.3 is 15.5 Å². The summed E-state index contributed by atoms with van der Waals surface area (Å²) in [4.78, 5) is 24.2. The Bertz CT molecular complexity index is 1320. The van der Waals surface area contributed by atoms with Gasteiger partial charge in [-0.25, -0.2) is 13.5 Å². The molecule has 1 aromatic heterocycles. The van der Waals surface area contributed by atoms with Crippen molar-refractivity contribution in [2.24, 2.45) is 0 Å². The van der Waals surface area contributed by atoms with Gasteiger partial charge >= 0.3 is 5.97 Å². The van der Waals surface area contributed by atoms with Crippen molar-refractivity contribution in [3.8, 4) is 22.7 Å². The summed E-state index contributed by atoms with van der Waals surface area (Å²) in [5.41, 5.74) is 2.33. The minimum absolute atomic E-state index is 0.139. The molecule has 0 fully saturated rings. The van der Waals surface area contributed by atoms with Crippen LogP contribution in [-0.4, -0.2) is 31.9 Å². The molecule has 0 spiro atoms. The van der Waals surface area contributed by atoms with Gasteiger partial charge in [0.25, 0.3) is 5.91 Å². The quantitative estimate of drug-likeness (QED) is 0.375. The van der Waals surface area contributed by atoms with Gasteiger partial charge in [0.15, 0.2) is 5.69 Å². The first-order valence-corrected chi connectivity index (χ1v) is 10.2. The highest BCUT2D eigenvalue weighted by molar-refractivity contribution is 5.93. The highest BCUT2D eigenvalue weighted by Crippen LogP contribution is 2.25. The lowest BCUT2D eigenvalue weighted by molar-refractivity contribution is -0.137. The van der Waals surface area contributed by atoms with E-state index in [1.807, 2.05) is 0 Å². The summed E-state index contributed by atoms with van der Waals surface area (Å²) in [5, 5.41) is 26.2. The number of carboxylic acids is 1. The van der Waals surface area contributed by atoms with Crippen molar-refractivity contribution < 1.29 is 28.6 Å². The maximum Gasteiger partial charge on any atom is 0.305 e. The average molecular weight is 463 g/mol. The zero-order valence-corrected chi connectivity index (χ0v) is 17.7. The number of halogens is 2. The third kappa shape index (κ3) is 5.09. The third-order valence-corrected chi connectivity index (χ3v) is 5.17. The molecule has 4 rings (SSSR count). The van der Waals surface area contributed by atoms with Crippen LogP contribution in [0.5, 0.6) is 5.88 Å². The number of hydrogen-bond donors (Lipinski definition) is 3. The number of aliphatic carboxylic acids is 1. The fourth-order valence-electron chi connectivity index (χ4n) is 3.46. The topological polar surface area (TPSA) is 104 Å². The van der Waals surface area contributed by atoms with Crippen molar-refractivity contribution in [1.29, 1.82) is 0 Å². The van der Waals surface area contributed by atoms with E-state index in [4.69, 9.17) is 0 Å². The lowest BCUT2D eigenvalue weighted by Crippen LogP contribution is -2.30. The Morgan fingerprint density at radius 1 is 0.882 bits per heavy atom. The molecular formula is C25H19F2N3O4. The second kappa shape index (κ2) is 9.53. The van der Waals surface area contributed by atoms with E-state index in [0.717, 1.165) is 21.9 Å². The molecule has 1 heterocycles. The van der Waals surface area contributed by atoms with E-state index in [-0.39, 0.29) is 23.8 Å². The molecule has 1 unspecified atom stereocenters. The lowest BCUT2D eigenvalue weighted by atomic mass is 9.99. The molecule has 3 N–H and O–H groups in total. The molecule has 0 saturated heterocycles. The molecule has 0 saturated carbocycles. The highest BCUT2D eigenvalue weighted by Gasteiger charge is 2.22. The first-order valence-electron chi connectivity index (χ1n) is 10.2. The molecule has 4 aromatic rings. The van der Waals surface area contributed by atoms with Crippen molar-refractivity contribution in [3.63, 3.8) is 0 Å². The van der Waals surface area contributed by atoms with Crippen LogP contribution in [0.4, 0.5) is 8.78 Å². The van der Waals surface area contributed by atoms with Crippen LogP contribution in [0.1, 0.15) is 28.5 Å². The number of carbonyl (C=O) groups is 2. The zero-order valence-electron chi connectivity index (χ0n) is 17.7. The van der Waals surface area contributed by atoms with Crippen molar-refractivity contribution >= 4 is 11.9 Å². The summed E-state index contributed by atoms with van der Waals surface area (Å²) < 4.78 is 27.4. The van der Waals surface area contributed by atoms with Crippen LogP contribution in [-0.2, 0) is 4.79 Å². The van der Waals surface area contributed by atoms with Crippen LogP contribution in [0.15, 0.2) is 78.9 Å². The lowest BCUT2D eigenvalue weighted by Gasteiger charge is -2.17. The van der Waals surface area contributed by atoms with Gasteiger partial charge in [-0.3, -0.25) is 9.59 Å². The van der Waals surface area contributed by atoms with Crippen molar-refractivity contribution in [2.45, 2.75) is 12.5 Å². The Kier molecular flexibility index (Phi) is 6.35. The number of benzene rings is 3. The molecule has 3 aromatic carbocycles. The molecule has 0 aliphatic rings. The van der Waals surface area contributed by atoms with Gasteiger partial charge in [-0.2, -0.15) is 5.10 Å². The molecule has 0 aliphatic heterocycles. The number of aromatic nitrogens is 2. The first-order chi connectivity index (χ1) is 16.3. The van der Waals surface area contributed by atoms with Crippen LogP contribution in [0.2, 0.25) is 0 Å². The maximum atomic E-state index is 13.2. The summed E-state index contributed by atoms with van der Waals surface area (Å²) in [6.45, 7) is 0. The predicted molar refractivity (Wildman–Crippen MR) is 119 cm³/mol. The van der Waals surface area contributed by atoms with E-state index in [0.29, 0.717) is 11.3 Å². The maximum absolute atomic E-state index is 13.2. The van der Waals surface area contributed by atoms with E-state index in [9.17, 15) is 28.6 Å². The van der Waals surface area contributed by atoms with Crippen LogP contribution in [0, 0.1) is 11.6 Å². The number of amides is 1. The molecule has 172 valence electrons. The van der Waals surface area contributed by atoms with Gasteiger partial charge in [0.05, 0.1) is 18.2 Å². The normalized spacial score (nSPS) is 11.7.